The second kappa shape index (κ2) is 5.72. The molecular formula is C15H11N3O2S. The van der Waals surface area contributed by atoms with Gasteiger partial charge in [-0.05, 0) is 29.7 Å². The molecule has 0 unspecified atom stereocenters. The predicted molar refractivity (Wildman–Crippen MR) is 82.1 cm³/mol. The Balaban J connectivity index is 0.000000131. The van der Waals surface area contributed by atoms with E-state index in [2.05, 4.69) is 21.7 Å². The third-order valence-corrected chi connectivity index (χ3v) is 3.65. The van der Waals surface area contributed by atoms with E-state index in [0.717, 1.165) is 0 Å². The van der Waals surface area contributed by atoms with Crippen molar-refractivity contribution in [2.45, 2.75) is 0 Å². The molecule has 2 heterocycles. The minimum absolute atomic E-state index is 0.186. The minimum atomic E-state index is -0.569. The summed E-state index contributed by atoms with van der Waals surface area (Å²) < 4.78 is 10.2. The number of fused-ring (bicyclic) bond motifs is 2. The monoisotopic (exact) mass is 297 g/mol. The smallest absolute Gasteiger partial charge is 0.271 e. The quantitative estimate of drug-likeness (QED) is 0.585. The highest BCUT2D eigenvalue weighted by Crippen LogP contribution is 2.17. The lowest BCUT2D eigenvalue weighted by molar-refractivity contribution is 0.0993. The van der Waals surface area contributed by atoms with E-state index < -0.39 is 5.91 Å². The molecule has 0 radical (unpaired) electrons. The van der Waals surface area contributed by atoms with Crippen molar-refractivity contribution >= 4 is 38.5 Å². The van der Waals surface area contributed by atoms with Gasteiger partial charge < -0.3 is 10.3 Å². The van der Waals surface area contributed by atoms with Crippen LogP contribution in [0.3, 0.4) is 0 Å². The fraction of sp³-hybridized carbons (Fsp3) is 0. The van der Waals surface area contributed by atoms with Crippen LogP contribution < -0.4 is 5.73 Å². The number of nitrogens with zero attached hydrogens (tertiary/aromatic N) is 2. The number of amides is 1. The number of rotatable bonds is 1. The van der Waals surface area contributed by atoms with Crippen LogP contribution in [0.4, 0.5) is 0 Å². The first kappa shape index (κ1) is 13.3. The molecule has 0 spiro atoms. The average Bonchev–Trinajstić information content (AvgIpc) is 3.14. The number of primary amides is 1. The summed E-state index contributed by atoms with van der Waals surface area (Å²) >= 11 is 1.54. The molecule has 5 nitrogen and oxygen atoms in total. The first-order valence-corrected chi connectivity index (χ1v) is 6.96. The third-order valence-electron chi connectivity index (χ3n) is 2.87. The molecule has 104 valence electrons. The zero-order valence-electron chi connectivity index (χ0n) is 10.9. The van der Waals surface area contributed by atoms with Crippen LogP contribution in [0.15, 0.2) is 59.3 Å². The van der Waals surface area contributed by atoms with Crippen LogP contribution in [-0.2, 0) is 0 Å². The molecule has 21 heavy (non-hydrogen) atoms. The van der Waals surface area contributed by atoms with E-state index in [0.29, 0.717) is 11.0 Å². The van der Waals surface area contributed by atoms with E-state index in [-0.39, 0.29) is 5.69 Å². The topological polar surface area (TPSA) is 82.0 Å². The molecule has 0 fully saturated rings. The average molecular weight is 297 g/mol. The Hall–Kier alpha value is -2.73. The van der Waals surface area contributed by atoms with Crippen molar-refractivity contribution in [2.75, 3.05) is 0 Å². The Bertz CT molecular complexity index is 868. The van der Waals surface area contributed by atoms with Crippen LogP contribution >= 0.6 is 11.5 Å². The SMILES string of the molecule is NC(=O)c1noc2ccccc12.c1ccc2sncc2c1. The molecule has 6 heteroatoms. The lowest BCUT2D eigenvalue weighted by atomic mass is 10.2. The highest BCUT2D eigenvalue weighted by Gasteiger charge is 2.11. The summed E-state index contributed by atoms with van der Waals surface area (Å²) in [5, 5.41) is 5.44. The highest BCUT2D eigenvalue weighted by atomic mass is 32.1. The Morgan fingerprint density at radius 3 is 2.67 bits per heavy atom. The zero-order valence-corrected chi connectivity index (χ0v) is 11.7. The second-order valence-electron chi connectivity index (χ2n) is 4.26. The number of hydrogen-bond donors (Lipinski definition) is 1. The minimum Gasteiger partial charge on any atom is -0.364 e. The molecule has 2 N–H and O–H groups in total. The summed E-state index contributed by atoms with van der Waals surface area (Å²) in [5.41, 5.74) is 5.82. The van der Waals surface area contributed by atoms with Gasteiger partial charge in [0.1, 0.15) is 0 Å². The Labute approximate surface area is 124 Å². The number of benzene rings is 2. The van der Waals surface area contributed by atoms with Gasteiger partial charge in [0.05, 0.1) is 10.1 Å². The summed E-state index contributed by atoms with van der Waals surface area (Å²) in [5.74, 6) is -0.569. The van der Waals surface area contributed by atoms with Gasteiger partial charge in [-0.1, -0.05) is 35.5 Å². The first-order chi connectivity index (χ1) is 10.3. The van der Waals surface area contributed by atoms with Crippen molar-refractivity contribution in [2.24, 2.45) is 5.73 Å². The van der Waals surface area contributed by atoms with Gasteiger partial charge in [0.15, 0.2) is 11.3 Å². The van der Waals surface area contributed by atoms with Gasteiger partial charge in [-0.25, -0.2) is 0 Å². The molecule has 0 bridgehead atoms. The van der Waals surface area contributed by atoms with Crippen molar-refractivity contribution in [1.82, 2.24) is 9.53 Å². The summed E-state index contributed by atoms with van der Waals surface area (Å²) in [7, 11) is 0. The second-order valence-corrected chi connectivity index (χ2v) is 5.09. The fourth-order valence-electron chi connectivity index (χ4n) is 1.87. The summed E-state index contributed by atoms with van der Waals surface area (Å²) in [4.78, 5) is 10.8. The van der Waals surface area contributed by atoms with E-state index >= 15 is 0 Å². The van der Waals surface area contributed by atoms with Gasteiger partial charge in [-0.3, -0.25) is 4.79 Å². The fourth-order valence-corrected chi connectivity index (χ4v) is 2.52. The van der Waals surface area contributed by atoms with E-state index in [1.807, 2.05) is 18.3 Å². The van der Waals surface area contributed by atoms with Crippen molar-refractivity contribution in [3.63, 3.8) is 0 Å². The molecule has 0 saturated heterocycles. The molecule has 0 atom stereocenters. The standard InChI is InChI=1S/C8H6N2O2.C7H5NS/c9-8(11)7-5-3-1-2-4-6(5)12-10-7;1-2-4-7-6(3-1)5-8-9-7/h1-4H,(H2,9,11);1-5H. The maximum atomic E-state index is 10.8. The van der Waals surface area contributed by atoms with Crippen molar-refractivity contribution in [3.8, 4) is 0 Å². The van der Waals surface area contributed by atoms with Crippen molar-refractivity contribution < 1.29 is 9.32 Å². The van der Waals surface area contributed by atoms with Gasteiger partial charge in [0.25, 0.3) is 5.91 Å². The summed E-state index contributed by atoms with van der Waals surface area (Å²) in [6, 6.07) is 15.3. The van der Waals surface area contributed by atoms with E-state index in [1.165, 1.54) is 21.6 Å². The normalized spacial score (nSPS) is 10.3. The van der Waals surface area contributed by atoms with Gasteiger partial charge in [-0.2, -0.15) is 4.37 Å². The number of aromatic nitrogens is 2. The lowest BCUT2D eigenvalue weighted by Crippen LogP contribution is -2.11. The summed E-state index contributed by atoms with van der Waals surface area (Å²) in [6.07, 6.45) is 1.89. The van der Waals surface area contributed by atoms with Crippen LogP contribution in [0.1, 0.15) is 10.5 Å². The van der Waals surface area contributed by atoms with Crippen LogP contribution in [0, 0.1) is 0 Å². The molecule has 0 aliphatic rings. The van der Waals surface area contributed by atoms with Crippen LogP contribution in [0.25, 0.3) is 21.1 Å². The number of hydrogen-bond acceptors (Lipinski definition) is 5. The molecule has 4 rings (SSSR count). The Morgan fingerprint density at radius 1 is 1.10 bits per heavy atom. The molecule has 2 aromatic heterocycles. The van der Waals surface area contributed by atoms with Gasteiger partial charge in [0.2, 0.25) is 0 Å². The van der Waals surface area contributed by atoms with Gasteiger partial charge >= 0.3 is 0 Å². The number of carbonyl (C=O) groups is 1. The molecule has 0 saturated carbocycles. The summed E-state index contributed by atoms with van der Waals surface area (Å²) in [6.45, 7) is 0. The van der Waals surface area contributed by atoms with Gasteiger partial charge in [-0.15, -0.1) is 0 Å². The number of carbonyl (C=O) groups excluding carboxylic acids is 1. The molecule has 0 aliphatic carbocycles. The zero-order chi connectivity index (χ0) is 14.7. The van der Waals surface area contributed by atoms with E-state index in [1.54, 1.807) is 24.3 Å². The lowest BCUT2D eigenvalue weighted by Gasteiger charge is -1.85. The molecule has 2 aromatic carbocycles. The Morgan fingerprint density at radius 2 is 1.86 bits per heavy atom. The van der Waals surface area contributed by atoms with Crippen molar-refractivity contribution in [1.29, 1.82) is 0 Å². The molecule has 4 aromatic rings. The maximum absolute atomic E-state index is 10.8. The molecular weight excluding hydrogens is 286 g/mol. The maximum Gasteiger partial charge on any atom is 0.271 e. The molecule has 0 aliphatic heterocycles. The third kappa shape index (κ3) is 2.75. The largest absolute Gasteiger partial charge is 0.364 e. The van der Waals surface area contributed by atoms with Crippen LogP contribution in [0.2, 0.25) is 0 Å². The highest BCUT2D eigenvalue weighted by molar-refractivity contribution is 7.13. The van der Waals surface area contributed by atoms with E-state index in [4.69, 9.17) is 10.3 Å². The van der Waals surface area contributed by atoms with Crippen LogP contribution in [0.5, 0.6) is 0 Å². The predicted octanol–water partition coefficient (Wildman–Crippen LogP) is 3.22. The molecule has 1 amide bonds. The first-order valence-electron chi connectivity index (χ1n) is 6.19. The van der Waals surface area contributed by atoms with E-state index in [9.17, 15) is 4.79 Å². The van der Waals surface area contributed by atoms with Gasteiger partial charge in [0, 0.05) is 11.6 Å². The van der Waals surface area contributed by atoms with Crippen molar-refractivity contribution in [3.05, 3.63) is 60.4 Å². The number of para-hydroxylation sites is 1. The Kier molecular flexibility index (Phi) is 3.61. The van der Waals surface area contributed by atoms with Crippen LogP contribution in [-0.4, -0.2) is 15.4 Å². The number of nitrogens with two attached hydrogens (primary N) is 1.